The smallest absolute Gasteiger partial charge is 0.410 e. The van der Waals surface area contributed by atoms with Crippen LogP contribution in [0.3, 0.4) is 0 Å². The van der Waals surface area contributed by atoms with E-state index in [2.05, 4.69) is 11.8 Å². The van der Waals surface area contributed by atoms with Gasteiger partial charge in [-0.15, -0.1) is 0 Å². The molecule has 1 atom stereocenters. The Bertz CT molecular complexity index is 683. The van der Waals surface area contributed by atoms with E-state index in [4.69, 9.17) is 14.6 Å². The van der Waals surface area contributed by atoms with Crippen molar-refractivity contribution in [3.8, 4) is 5.75 Å². The molecule has 0 spiro atoms. The number of aryl methyl sites for hydroxylation is 1. The topological polar surface area (TPSA) is 79.3 Å². The third-order valence-corrected chi connectivity index (χ3v) is 4.47. The lowest BCUT2D eigenvalue weighted by Gasteiger charge is -2.40. The number of amides is 1. The summed E-state index contributed by atoms with van der Waals surface area (Å²) in [6.07, 6.45) is -0.264. The summed E-state index contributed by atoms with van der Waals surface area (Å²) < 4.78 is 11.3. The molecule has 0 saturated carbocycles. The summed E-state index contributed by atoms with van der Waals surface area (Å²) in [6, 6.07) is 5.07. The standard InChI is InChI=1S/C20H30N2O5/c1-14-12-16(18(23)24)6-7-17(14)26-11-10-21-8-9-22(13-15(21)2)19(25)27-20(3,4)5/h6-7,12,15H,8-11,13H2,1-5H3,(H,23,24)/t15-/m1/s1. The van der Waals surface area contributed by atoms with E-state index in [1.54, 1.807) is 23.1 Å². The minimum Gasteiger partial charge on any atom is -0.492 e. The van der Waals surface area contributed by atoms with Gasteiger partial charge in [-0.3, -0.25) is 4.90 Å². The predicted molar refractivity (Wildman–Crippen MR) is 102 cm³/mol. The maximum absolute atomic E-state index is 12.2. The van der Waals surface area contributed by atoms with Gasteiger partial charge in [0.15, 0.2) is 0 Å². The number of nitrogens with zero attached hydrogens (tertiary/aromatic N) is 2. The summed E-state index contributed by atoms with van der Waals surface area (Å²) in [5, 5.41) is 9.01. The van der Waals surface area contributed by atoms with E-state index in [1.165, 1.54) is 0 Å². The van der Waals surface area contributed by atoms with Crippen molar-refractivity contribution in [2.24, 2.45) is 0 Å². The SMILES string of the molecule is Cc1cc(C(=O)O)ccc1OCCN1CCN(C(=O)OC(C)(C)C)C[C@H]1C. The highest BCUT2D eigenvalue weighted by atomic mass is 16.6. The van der Waals surface area contributed by atoms with Gasteiger partial charge in [0.05, 0.1) is 5.56 Å². The normalized spacial score (nSPS) is 18.3. The number of aromatic carboxylic acids is 1. The predicted octanol–water partition coefficient (Wildman–Crippen LogP) is 3.01. The fourth-order valence-corrected chi connectivity index (χ4v) is 3.04. The van der Waals surface area contributed by atoms with Crippen LogP contribution in [0.15, 0.2) is 18.2 Å². The van der Waals surface area contributed by atoms with Crippen LogP contribution in [-0.4, -0.2) is 71.4 Å². The van der Waals surface area contributed by atoms with E-state index in [0.29, 0.717) is 25.4 Å². The summed E-state index contributed by atoms with van der Waals surface area (Å²) in [5.41, 5.74) is 0.573. The minimum atomic E-state index is -0.943. The van der Waals surface area contributed by atoms with Crippen molar-refractivity contribution in [2.45, 2.75) is 46.3 Å². The first-order valence-corrected chi connectivity index (χ1v) is 9.25. The molecule has 1 aliphatic heterocycles. The van der Waals surface area contributed by atoms with Crippen molar-refractivity contribution in [2.75, 3.05) is 32.8 Å². The second-order valence-corrected chi connectivity index (χ2v) is 7.95. The Balaban J connectivity index is 1.81. The third kappa shape index (κ3) is 6.13. The fraction of sp³-hybridized carbons (Fsp3) is 0.600. The fourth-order valence-electron chi connectivity index (χ4n) is 3.04. The van der Waals surface area contributed by atoms with Gasteiger partial charge in [-0.1, -0.05) is 0 Å². The van der Waals surface area contributed by atoms with Crippen LogP contribution < -0.4 is 4.74 Å². The molecule has 27 heavy (non-hydrogen) atoms. The number of carbonyl (C=O) groups is 2. The number of piperazine rings is 1. The summed E-state index contributed by atoms with van der Waals surface area (Å²) in [5.74, 6) is -0.249. The number of benzene rings is 1. The lowest BCUT2D eigenvalue weighted by atomic mass is 10.1. The average Bonchev–Trinajstić information content (AvgIpc) is 2.55. The molecule has 7 nitrogen and oxygen atoms in total. The van der Waals surface area contributed by atoms with Crippen LogP contribution in [0.4, 0.5) is 4.79 Å². The van der Waals surface area contributed by atoms with Crippen molar-refractivity contribution in [1.29, 1.82) is 0 Å². The molecule has 7 heteroatoms. The lowest BCUT2D eigenvalue weighted by Crippen LogP contribution is -2.55. The minimum absolute atomic E-state index is 0.213. The van der Waals surface area contributed by atoms with Crippen LogP contribution in [0.25, 0.3) is 0 Å². The van der Waals surface area contributed by atoms with Gasteiger partial charge in [0.2, 0.25) is 0 Å². The molecule has 1 N–H and O–H groups in total. The second kappa shape index (κ2) is 8.61. The number of carbonyl (C=O) groups excluding carboxylic acids is 1. The Hall–Kier alpha value is -2.28. The lowest BCUT2D eigenvalue weighted by molar-refractivity contribution is 0.00428. The van der Waals surface area contributed by atoms with E-state index in [-0.39, 0.29) is 17.7 Å². The molecule has 1 fully saturated rings. The van der Waals surface area contributed by atoms with Crippen molar-refractivity contribution >= 4 is 12.1 Å². The Morgan fingerprint density at radius 2 is 1.96 bits per heavy atom. The molecule has 1 heterocycles. The van der Waals surface area contributed by atoms with Crippen LogP contribution in [-0.2, 0) is 4.74 Å². The zero-order valence-electron chi connectivity index (χ0n) is 16.8. The molecule has 150 valence electrons. The molecule has 2 rings (SSSR count). The largest absolute Gasteiger partial charge is 0.492 e. The maximum atomic E-state index is 12.2. The number of ether oxygens (including phenoxy) is 2. The quantitative estimate of drug-likeness (QED) is 0.848. The molecule has 0 aliphatic carbocycles. The van der Waals surface area contributed by atoms with Crippen molar-refractivity contribution in [1.82, 2.24) is 9.80 Å². The first-order valence-electron chi connectivity index (χ1n) is 9.25. The highest BCUT2D eigenvalue weighted by Gasteiger charge is 2.29. The van der Waals surface area contributed by atoms with Gasteiger partial charge in [-0.05, 0) is 58.4 Å². The van der Waals surface area contributed by atoms with Gasteiger partial charge < -0.3 is 19.5 Å². The summed E-state index contributed by atoms with van der Waals surface area (Å²) in [4.78, 5) is 27.2. The van der Waals surface area contributed by atoms with E-state index in [1.807, 2.05) is 27.7 Å². The Morgan fingerprint density at radius 1 is 1.26 bits per heavy atom. The Labute approximate surface area is 160 Å². The van der Waals surface area contributed by atoms with E-state index >= 15 is 0 Å². The zero-order chi connectivity index (χ0) is 20.2. The van der Waals surface area contributed by atoms with E-state index in [0.717, 1.165) is 18.7 Å². The molecular formula is C20H30N2O5. The maximum Gasteiger partial charge on any atom is 0.410 e. The molecule has 0 unspecified atom stereocenters. The number of hydrogen-bond acceptors (Lipinski definition) is 5. The number of hydrogen-bond donors (Lipinski definition) is 1. The van der Waals surface area contributed by atoms with Crippen LogP contribution in [0.5, 0.6) is 5.75 Å². The van der Waals surface area contributed by atoms with Crippen LogP contribution in [0.2, 0.25) is 0 Å². The molecule has 1 aliphatic rings. The Morgan fingerprint density at radius 3 is 2.52 bits per heavy atom. The first-order chi connectivity index (χ1) is 12.6. The molecule has 0 radical (unpaired) electrons. The molecule has 0 aromatic heterocycles. The van der Waals surface area contributed by atoms with Gasteiger partial charge in [0.1, 0.15) is 18.0 Å². The third-order valence-electron chi connectivity index (χ3n) is 4.47. The molecule has 1 aromatic carbocycles. The van der Waals surface area contributed by atoms with Crippen LogP contribution >= 0.6 is 0 Å². The number of carboxylic acid groups (broad SMARTS) is 1. The molecule has 1 aromatic rings. The van der Waals surface area contributed by atoms with Gasteiger partial charge >= 0.3 is 12.1 Å². The highest BCUT2D eigenvalue weighted by Crippen LogP contribution is 2.20. The summed E-state index contributed by atoms with van der Waals surface area (Å²) >= 11 is 0. The molecular weight excluding hydrogens is 348 g/mol. The van der Waals surface area contributed by atoms with Gasteiger partial charge in [-0.25, -0.2) is 9.59 Å². The van der Waals surface area contributed by atoms with Gasteiger partial charge in [-0.2, -0.15) is 0 Å². The number of carboxylic acids is 1. The Kier molecular flexibility index (Phi) is 6.70. The van der Waals surface area contributed by atoms with Crippen molar-refractivity contribution < 1.29 is 24.2 Å². The summed E-state index contributed by atoms with van der Waals surface area (Å²) in [7, 11) is 0. The highest BCUT2D eigenvalue weighted by molar-refractivity contribution is 5.88. The van der Waals surface area contributed by atoms with Gasteiger partial charge in [0, 0.05) is 32.2 Å². The average molecular weight is 378 g/mol. The van der Waals surface area contributed by atoms with Crippen LogP contribution in [0, 0.1) is 6.92 Å². The summed E-state index contributed by atoms with van der Waals surface area (Å²) in [6.45, 7) is 12.8. The van der Waals surface area contributed by atoms with Crippen LogP contribution in [0.1, 0.15) is 43.6 Å². The van der Waals surface area contributed by atoms with Crippen molar-refractivity contribution in [3.05, 3.63) is 29.3 Å². The zero-order valence-corrected chi connectivity index (χ0v) is 16.8. The van der Waals surface area contributed by atoms with Gasteiger partial charge in [0.25, 0.3) is 0 Å². The molecule has 0 bridgehead atoms. The van der Waals surface area contributed by atoms with E-state index in [9.17, 15) is 9.59 Å². The monoisotopic (exact) mass is 378 g/mol. The molecule has 1 saturated heterocycles. The van der Waals surface area contributed by atoms with Crippen molar-refractivity contribution in [3.63, 3.8) is 0 Å². The second-order valence-electron chi connectivity index (χ2n) is 7.95. The molecule has 1 amide bonds. The first kappa shape index (κ1) is 21.0. The van der Waals surface area contributed by atoms with E-state index < -0.39 is 11.6 Å². The number of rotatable bonds is 5.